The van der Waals surface area contributed by atoms with E-state index in [0.29, 0.717) is 18.7 Å². The van der Waals surface area contributed by atoms with E-state index < -0.39 is 0 Å². The average Bonchev–Trinajstić information content (AvgIpc) is 3.33. The Labute approximate surface area is 147 Å². The maximum absolute atomic E-state index is 12.6. The first-order chi connectivity index (χ1) is 12.2. The van der Waals surface area contributed by atoms with Gasteiger partial charge in [-0.2, -0.15) is 10.2 Å². The molecule has 0 N–H and O–H groups in total. The molecule has 7 heteroatoms. The normalized spacial score (nSPS) is 25.5. The zero-order chi connectivity index (χ0) is 17.3. The summed E-state index contributed by atoms with van der Waals surface area (Å²) in [5, 5.41) is 7.49. The molecule has 0 bridgehead atoms. The maximum atomic E-state index is 12.6. The van der Waals surface area contributed by atoms with E-state index in [-0.39, 0.29) is 23.5 Å². The largest absolute Gasteiger partial charge is 0.362 e. The average molecular weight is 344 g/mol. The van der Waals surface area contributed by atoms with Crippen molar-refractivity contribution in [2.45, 2.75) is 50.2 Å². The Bertz CT molecular complexity index is 637. The summed E-state index contributed by atoms with van der Waals surface area (Å²) in [5.41, 5.74) is 0.341. The van der Waals surface area contributed by atoms with E-state index in [9.17, 15) is 9.59 Å². The number of carbonyl (C=O) groups excluding carboxylic acids is 2. The van der Waals surface area contributed by atoms with Gasteiger partial charge in [-0.3, -0.25) is 9.59 Å². The van der Waals surface area contributed by atoms with Crippen molar-refractivity contribution in [3.63, 3.8) is 0 Å². The second kappa shape index (κ2) is 6.71. The number of carbonyl (C=O) groups is 2. The number of amides is 2. The molecular weight excluding hydrogens is 320 g/mol. The second-order valence-corrected chi connectivity index (χ2v) is 7.28. The van der Waals surface area contributed by atoms with Crippen LogP contribution in [-0.4, -0.2) is 69.7 Å². The summed E-state index contributed by atoms with van der Waals surface area (Å²) in [5.74, 6) is 0.156. The van der Waals surface area contributed by atoms with Gasteiger partial charge < -0.3 is 14.5 Å². The van der Waals surface area contributed by atoms with Gasteiger partial charge in [-0.25, -0.2) is 0 Å². The van der Waals surface area contributed by atoms with Gasteiger partial charge in [0.1, 0.15) is 6.10 Å². The third-order valence-corrected chi connectivity index (χ3v) is 5.74. The molecule has 1 aromatic heterocycles. The summed E-state index contributed by atoms with van der Waals surface area (Å²) in [4.78, 5) is 28.9. The minimum absolute atomic E-state index is 0.00700. The van der Waals surface area contributed by atoms with E-state index in [1.54, 1.807) is 6.07 Å². The lowest BCUT2D eigenvalue weighted by atomic mass is 9.88. The monoisotopic (exact) mass is 344 g/mol. The molecule has 4 rings (SSSR count). The fourth-order valence-electron chi connectivity index (χ4n) is 4.21. The number of likely N-dealkylation sites (tertiary alicyclic amines) is 2. The topological polar surface area (TPSA) is 75.6 Å². The fourth-order valence-corrected chi connectivity index (χ4v) is 4.21. The van der Waals surface area contributed by atoms with Crippen LogP contribution in [0.2, 0.25) is 0 Å². The van der Waals surface area contributed by atoms with Gasteiger partial charge in [0, 0.05) is 26.2 Å². The van der Waals surface area contributed by atoms with Crippen LogP contribution < -0.4 is 0 Å². The van der Waals surface area contributed by atoms with E-state index in [4.69, 9.17) is 4.74 Å². The Morgan fingerprint density at radius 2 is 1.80 bits per heavy atom. The van der Waals surface area contributed by atoms with Gasteiger partial charge in [-0.1, -0.05) is 0 Å². The molecule has 0 unspecified atom stereocenters. The molecule has 7 nitrogen and oxygen atoms in total. The van der Waals surface area contributed by atoms with E-state index >= 15 is 0 Å². The van der Waals surface area contributed by atoms with Crippen LogP contribution in [0.5, 0.6) is 0 Å². The summed E-state index contributed by atoms with van der Waals surface area (Å²) in [6, 6.07) is 1.69. The summed E-state index contributed by atoms with van der Waals surface area (Å²) in [6.45, 7) is 3.06. The van der Waals surface area contributed by atoms with Crippen molar-refractivity contribution >= 4 is 11.8 Å². The van der Waals surface area contributed by atoms with Crippen LogP contribution in [0, 0.1) is 0 Å². The van der Waals surface area contributed by atoms with Gasteiger partial charge in [-0.15, -0.1) is 0 Å². The highest BCUT2D eigenvalue weighted by atomic mass is 16.5. The highest BCUT2D eigenvalue weighted by molar-refractivity contribution is 5.93. The van der Waals surface area contributed by atoms with Crippen molar-refractivity contribution in [1.29, 1.82) is 0 Å². The van der Waals surface area contributed by atoms with Crippen LogP contribution in [0.4, 0.5) is 0 Å². The van der Waals surface area contributed by atoms with Crippen molar-refractivity contribution in [2.24, 2.45) is 0 Å². The minimum Gasteiger partial charge on any atom is -0.362 e. The number of aromatic nitrogens is 2. The second-order valence-electron chi connectivity index (χ2n) is 7.28. The Hall–Kier alpha value is -2.02. The van der Waals surface area contributed by atoms with Crippen LogP contribution >= 0.6 is 0 Å². The maximum Gasteiger partial charge on any atom is 0.255 e. The lowest BCUT2D eigenvalue weighted by Gasteiger charge is -2.39. The molecule has 4 heterocycles. The molecule has 3 aliphatic heterocycles. The standard InChI is InChI=1S/C18H24N4O3/c23-16(14-4-8-19-20-13-14)22-11-6-18(7-12-22)5-3-15(25-18)17(24)21-9-1-2-10-21/h4,8,13,15H,1-3,5-7,9-12H2/t15-/m0/s1. The van der Waals surface area contributed by atoms with Gasteiger partial charge >= 0.3 is 0 Å². The van der Waals surface area contributed by atoms with Crippen molar-refractivity contribution in [3.8, 4) is 0 Å². The van der Waals surface area contributed by atoms with Gasteiger partial charge in [0.05, 0.1) is 23.6 Å². The molecular formula is C18H24N4O3. The number of nitrogens with zero attached hydrogens (tertiary/aromatic N) is 4. The molecule has 25 heavy (non-hydrogen) atoms. The molecule has 1 spiro atoms. The number of rotatable bonds is 2. The molecule has 0 aromatic carbocycles. The Morgan fingerprint density at radius 1 is 1.04 bits per heavy atom. The zero-order valence-electron chi connectivity index (χ0n) is 14.4. The molecule has 3 fully saturated rings. The lowest BCUT2D eigenvalue weighted by Crippen LogP contribution is -2.47. The van der Waals surface area contributed by atoms with Crippen LogP contribution in [0.3, 0.4) is 0 Å². The molecule has 2 amide bonds. The Kier molecular flexibility index (Phi) is 4.41. The third kappa shape index (κ3) is 3.25. The molecule has 3 aliphatic rings. The van der Waals surface area contributed by atoms with E-state index in [1.165, 1.54) is 12.4 Å². The van der Waals surface area contributed by atoms with Crippen molar-refractivity contribution in [2.75, 3.05) is 26.2 Å². The van der Waals surface area contributed by atoms with E-state index in [2.05, 4.69) is 10.2 Å². The first-order valence-electron chi connectivity index (χ1n) is 9.19. The molecule has 0 aliphatic carbocycles. The zero-order valence-corrected chi connectivity index (χ0v) is 14.4. The predicted molar refractivity (Wildman–Crippen MR) is 89.8 cm³/mol. The smallest absolute Gasteiger partial charge is 0.255 e. The van der Waals surface area contributed by atoms with E-state index in [0.717, 1.165) is 51.6 Å². The number of ether oxygens (including phenoxy) is 1. The Balaban J connectivity index is 1.34. The molecule has 3 saturated heterocycles. The quantitative estimate of drug-likeness (QED) is 0.807. The number of hydrogen-bond acceptors (Lipinski definition) is 5. The summed E-state index contributed by atoms with van der Waals surface area (Å²) in [7, 11) is 0. The summed E-state index contributed by atoms with van der Waals surface area (Å²) >= 11 is 0. The Morgan fingerprint density at radius 3 is 2.48 bits per heavy atom. The van der Waals surface area contributed by atoms with Crippen LogP contribution in [0.15, 0.2) is 18.5 Å². The van der Waals surface area contributed by atoms with Crippen molar-refractivity contribution in [3.05, 3.63) is 24.0 Å². The van der Waals surface area contributed by atoms with E-state index in [1.807, 2.05) is 9.80 Å². The van der Waals surface area contributed by atoms with Gasteiger partial charge in [-0.05, 0) is 44.6 Å². The predicted octanol–water partition coefficient (Wildman–Crippen LogP) is 1.25. The fraction of sp³-hybridized carbons (Fsp3) is 0.667. The third-order valence-electron chi connectivity index (χ3n) is 5.74. The summed E-state index contributed by atoms with van der Waals surface area (Å²) in [6.07, 6.45) is 8.26. The van der Waals surface area contributed by atoms with Crippen LogP contribution in [-0.2, 0) is 9.53 Å². The molecule has 134 valence electrons. The van der Waals surface area contributed by atoms with Gasteiger partial charge in [0.15, 0.2) is 0 Å². The van der Waals surface area contributed by atoms with Crippen molar-refractivity contribution in [1.82, 2.24) is 20.0 Å². The van der Waals surface area contributed by atoms with Gasteiger partial charge in [0.25, 0.3) is 11.8 Å². The van der Waals surface area contributed by atoms with Crippen molar-refractivity contribution < 1.29 is 14.3 Å². The van der Waals surface area contributed by atoms with Crippen LogP contribution in [0.25, 0.3) is 0 Å². The highest BCUT2D eigenvalue weighted by Gasteiger charge is 2.46. The molecule has 0 radical (unpaired) electrons. The first kappa shape index (κ1) is 16.4. The van der Waals surface area contributed by atoms with Crippen LogP contribution in [0.1, 0.15) is 48.9 Å². The molecule has 1 aromatic rings. The number of piperidine rings is 1. The molecule has 1 atom stereocenters. The summed E-state index contributed by atoms with van der Waals surface area (Å²) < 4.78 is 6.25. The lowest BCUT2D eigenvalue weighted by molar-refractivity contribution is -0.149. The van der Waals surface area contributed by atoms with Gasteiger partial charge in [0.2, 0.25) is 0 Å². The minimum atomic E-state index is -0.287. The first-order valence-corrected chi connectivity index (χ1v) is 9.19. The SMILES string of the molecule is O=C(c1ccnnc1)N1CCC2(CC[C@@H](C(=O)N3CCCC3)O2)CC1. The highest BCUT2D eigenvalue weighted by Crippen LogP contribution is 2.39. The molecule has 0 saturated carbocycles. The number of hydrogen-bond donors (Lipinski definition) is 0.